The number of methoxy groups -OCH3 is 1. The van der Waals surface area contributed by atoms with Gasteiger partial charge >= 0.3 is 0 Å². The van der Waals surface area contributed by atoms with Crippen molar-refractivity contribution in [1.82, 2.24) is 4.98 Å². The number of ether oxygens (including phenoxy) is 1. The number of aromatic nitrogens is 1. The van der Waals surface area contributed by atoms with Gasteiger partial charge < -0.3 is 10.1 Å². The number of aryl methyl sites for hydroxylation is 1. The lowest BCUT2D eigenvalue weighted by Crippen LogP contribution is -2.01. The molecule has 0 atom stereocenters. The molecule has 3 aromatic rings. The molecule has 126 valence electrons. The van der Waals surface area contributed by atoms with E-state index < -0.39 is 0 Å². The third-order valence-corrected chi connectivity index (χ3v) is 4.41. The average Bonchev–Trinajstić information content (AvgIpc) is 2.65. The number of hydrogen-bond donors (Lipinski definition) is 1. The van der Waals surface area contributed by atoms with Gasteiger partial charge in [0.2, 0.25) is 0 Å². The molecule has 4 nitrogen and oxygen atoms in total. The Morgan fingerprint density at radius 1 is 1.24 bits per heavy atom. The number of fused-ring (bicyclic) bond motifs is 1. The van der Waals surface area contributed by atoms with Crippen LogP contribution in [-0.4, -0.2) is 12.1 Å². The average molecular weight is 352 g/mol. The summed E-state index contributed by atoms with van der Waals surface area (Å²) in [4.78, 5) is 8.08. The zero-order valence-corrected chi connectivity index (χ0v) is 14.9. The number of pyridine rings is 1. The van der Waals surface area contributed by atoms with Gasteiger partial charge in [-0.2, -0.15) is 0 Å². The van der Waals surface area contributed by atoms with Gasteiger partial charge in [0.15, 0.2) is 5.69 Å². The predicted molar refractivity (Wildman–Crippen MR) is 103 cm³/mol. The Labute approximate surface area is 152 Å². The third-order valence-electron chi connectivity index (χ3n) is 4.12. The molecule has 25 heavy (non-hydrogen) atoms. The van der Waals surface area contributed by atoms with Crippen molar-refractivity contribution in [1.29, 1.82) is 0 Å². The van der Waals surface area contributed by atoms with Crippen LogP contribution in [0.3, 0.4) is 0 Å². The number of anilines is 1. The van der Waals surface area contributed by atoms with Gasteiger partial charge in [-0.3, -0.25) is 4.98 Å². The number of benzene rings is 2. The van der Waals surface area contributed by atoms with Crippen molar-refractivity contribution in [2.75, 3.05) is 12.4 Å². The molecule has 0 amide bonds. The summed E-state index contributed by atoms with van der Waals surface area (Å²) in [5.41, 5.74) is 4.66. The summed E-state index contributed by atoms with van der Waals surface area (Å²) < 4.78 is 5.18. The van der Waals surface area contributed by atoms with Crippen LogP contribution in [0.5, 0.6) is 5.75 Å². The quantitative estimate of drug-likeness (QED) is 0.606. The molecule has 0 unspecified atom stereocenters. The van der Waals surface area contributed by atoms with Crippen LogP contribution >= 0.6 is 11.6 Å². The van der Waals surface area contributed by atoms with Crippen LogP contribution < -0.4 is 10.1 Å². The van der Waals surface area contributed by atoms with Crippen molar-refractivity contribution in [2.45, 2.75) is 19.9 Å². The van der Waals surface area contributed by atoms with E-state index in [1.807, 2.05) is 36.4 Å². The van der Waals surface area contributed by atoms with Gasteiger partial charge in [0.1, 0.15) is 5.75 Å². The summed E-state index contributed by atoms with van der Waals surface area (Å²) in [7, 11) is 1.60. The first-order valence-corrected chi connectivity index (χ1v) is 8.39. The summed E-state index contributed by atoms with van der Waals surface area (Å²) in [5, 5.41) is 4.98. The van der Waals surface area contributed by atoms with E-state index in [1.54, 1.807) is 13.3 Å². The van der Waals surface area contributed by atoms with E-state index in [9.17, 15) is 0 Å². The topological polar surface area (TPSA) is 38.5 Å². The SMILES string of the molecule is [C-]#[N+]c1cc(CC)c2nccc(NCc3ccc(OC)c(Cl)c3)c2c1. The molecule has 0 radical (unpaired) electrons. The van der Waals surface area contributed by atoms with Gasteiger partial charge in [-0.05, 0) is 41.8 Å². The lowest BCUT2D eigenvalue weighted by molar-refractivity contribution is 0.415. The first-order valence-electron chi connectivity index (χ1n) is 8.01. The van der Waals surface area contributed by atoms with Crippen LogP contribution in [0.25, 0.3) is 15.7 Å². The molecular weight excluding hydrogens is 334 g/mol. The fraction of sp³-hybridized carbons (Fsp3) is 0.200. The smallest absolute Gasteiger partial charge is 0.188 e. The zero-order valence-electron chi connectivity index (χ0n) is 14.1. The summed E-state index contributed by atoms with van der Waals surface area (Å²) in [5.74, 6) is 0.661. The zero-order chi connectivity index (χ0) is 17.8. The normalized spacial score (nSPS) is 10.5. The van der Waals surface area contributed by atoms with Gasteiger partial charge in [-0.15, -0.1) is 0 Å². The standard InChI is InChI=1S/C20H18ClN3O/c1-4-14-10-15(22-2)11-16-18(7-8-23-20(14)16)24-12-13-5-6-19(25-3)17(21)9-13/h5-11H,4,12H2,1,3H3,(H,23,24). The largest absolute Gasteiger partial charge is 0.495 e. The van der Waals surface area contributed by atoms with E-state index in [1.165, 1.54) is 0 Å². The van der Waals surface area contributed by atoms with Crippen molar-refractivity contribution in [3.8, 4) is 5.75 Å². The van der Waals surface area contributed by atoms with E-state index >= 15 is 0 Å². The van der Waals surface area contributed by atoms with Gasteiger partial charge in [0.05, 0.1) is 24.2 Å². The van der Waals surface area contributed by atoms with E-state index in [0.29, 0.717) is 23.0 Å². The second kappa shape index (κ2) is 7.42. The van der Waals surface area contributed by atoms with Gasteiger partial charge in [-0.1, -0.05) is 30.7 Å². The fourth-order valence-corrected chi connectivity index (χ4v) is 3.10. The van der Waals surface area contributed by atoms with Crippen LogP contribution in [0.15, 0.2) is 42.6 Å². The van der Waals surface area contributed by atoms with Crippen LogP contribution in [-0.2, 0) is 13.0 Å². The van der Waals surface area contributed by atoms with Crippen molar-refractivity contribution >= 4 is 33.9 Å². The van der Waals surface area contributed by atoms with Gasteiger partial charge in [-0.25, -0.2) is 4.85 Å². The van der Waals surface area contributed by atoms with E-state index in [-0.39, 0.29) is 0 Å². The van der Waals surface area contributed by atoms with Crippen molar-refractivity contribution < 1.29 is 4.74 Å². The Morgan fingerprint density at radius 3 is 2.76 bits per heavy atom. The number of nitrogens with zero attached hydrogens (tertiary/aromatic N) is 2. The van der Waals surface area contributed by atoms with Crippen molar-refractivity contribution in [2.24, 2.45) is 0 Å². The molecular formula is C20H18ClN3O. The number of hydrogen-bond acceptors (Lipinski definition) is 3. The Balaban J connectivity index is 1.94. The lowest BCUT2D eigenvalue weighted by Gasteiger charge is -2.13. The number of nitrogens with one attached hydrogen (secondary N) is 1. The number of rotatable bonds is 5. The second-order valence-electron chi connectivity index (χ2n) is 5.65. The molecule has 0 saturated heterocycles. The maximum Gasteiger partial charge on any atom is 0.188 e. The molecule has 0 aliphatic rings. The Bertz CT molecular complexity index is 963. The minimum Gasteiger partial charge on any atom is -0.495 e. The minimum absolute atomic E-state index is 0.588. The van der Waals surface area contributed by atoms with Gasteiger partial charge in [0, 0.05) is 23.8 Å². The monoisotopic (exact) mass is 351 g/mol. The molecule has 5 heteroatoms. The van der Waals surface area contributed by atoms with Crippen LogP contribution in [0.1, 0.15) is 18.1 Å². The first-order chi connectivity index (χ1) is 12.2. The highest BCUT2D eigenvalue weighted by Gasteiger charge is 2.09. The molecule has 0 saturated carbocycles. The molecule has 1 aromatic heterocycles. The molecule has 2 aromatic carbocycles. The van der Waals surface area contributed by atoms with Crippen molar-refractivity contribution in [3.63, 3.8) is 0 Å². The molecule has 0 bridgehead atoms. The summed E-state index contributed by atoms with van der Waals surface area (Å²) in [6, 6.07) is 11.5. The number of halogens is 1. The minimum atomic E-state index is 0.588. The maximum absolute atomic E-state index is 7.32. The highest BCUT2D eigenvalue weighted by atomic mass is 35.5. The molecule has 0 aliphatic heterocycles. The van der Waals surface area contributed by atoms with Gasteiger partial charge in [0.25, 0.3) is 0 Å². The molecule has 0 spiro atoms. The maximum atomic E-state index is 7.32. The molecule has 0 aliphatic carbocycles. The van der Waals surface area contributed by atoms with Crippen molar-refractivity contribution in [3.05, 3.63) is 70.2 Å². The van der Waals surface area contributed by atoms with E-state index in [0.717, 1.165) is 34.1 Å². The highest BCUT2D eigenvalue weighted by molar-refractivity contribution is 6.32. The third kappa shape index (κ3) is 3.52. The Hall–Kier alpha value is -2.77. The molecule has 0 fully saturated rings. The molecule has 3 rings (SSSR count). The summed E-state index contributed by atoms with van der Waals surface area (Å²) >= 11 is 6.19. The second-order valence-corrected chi connectivity index (χ2v) is 6.05. The van der Waals surface area contributed by atoms with Crippen LogP contribution in [0, 0.1) is 6.57 Å². The highest BCUT2D eigenvalue weighted by Crippen LogP contribution is 2.31. The lowest BCUT2D eigenvalue weighted by atomic mass is 10.0. The predicted octanol–water partition coefficient (Wildman–Crippen LogP) is 5.62. The van der Waals surface area contributed by atoms with E-state index in [4.69, 9.17) is 22.9 Å². The fourth-order valence-electron chi connectivity index (χ4n) is 2.82. The Morgan fingerprint density at radius 2 is 2.08 bits per heavy atom. The summed E-state index contributed by atoms with van der Waals surface area (Å²) in [6.07, 6.45) is 2.63. The Kier molecular flexibility index (Phi) is 5.06. The van der Waals surface area contributed by atoms with Crippen LogP contribution in [0.2, 0.25) is 5.02 Å². The summed E-state index contributed by atoms with van der Waals surface area (Å²) in [6.45, 7) is 10.0. The molecule has 1 heterocycles. The first kappa shape index (κ1) is 17.1. The van der Waals surface area contributed by atoms with Crippen LogP contribution in [0.4, 0.5) is 11.4 Å². The van der Waals surface area contributed by atoms with E-state index in [2.05, 4.69) is 22.1 Å². The molecule has 1 N–H and O–H groups in total.